The van der Waals surface area contributed by atoms with Gasteiger partial charge < -0.3 is 15.4 Å². The Bertz CT molecular complexity index is 332. The van der Waals surface area contributed by atoms with Crippen molar-refractivity contribution < 1.29 is 4.74 Å². The zero-order valence-corrected chi connectivity index (χ0v) is 9.86. The monoisotopic (exact) mass is 220 g/mol. The highest BCUT2D eigenvalue weighted by Gasteiger charge is 2.19. The third kappa shape index (κ3) is 2.89. The maximum atomic E-state index is 5.92. The standard InChI is InChI=1S/C13H20N2O/c1-2-15-8-6-12(7-9-15)16-13-5-3-4-11(14)10-13/h3-5,10,12H,2,6-9,14H2,1H3. The summed E-state index contributed by atoms with van der Waals surface area (Å²) in [6, 6.07) is 7.69. The highest BCUT2D eigenvalue weighted by molar-refractivity contribution is 5.43. The molecule has 0 amide bonds. The number of anilines is 1. The first kappa shape index (κ1) is 11.3. The van der Waals surface area contributed by atoms with Gasteiger partial charge in [-0.1, -0.05) is 13.0 Å². The van der Waals surface area contributed by atoms with Gasteiger partial charge in [-0.2, -0.15) is 0 Å². The summed E-state index contributed by atoms with van der Waals surface area (Å²) in [4.78, 5) is 2.46. The van der Waals surface area contributed by atoms with Gasteiger partial charge in [-0.15, -0.1) is 0 Å². The smallest absolute Gasteiger partial charge is 0.121 e. The second kappa shape index (κ2) is 5.21. The molecule has 1 fully saturated rings. The molecule has 0 saturated carbocycles. The van der Waals surface area contributed by atoms with E-state index < -0.39 is 0 Å². The Balaban J connectivity index is 1.87. The molecule has 1 aromatic rings. The van der Waals surface area contributed by atoms with Gasteiger partial charge in [0.1, 0.15) is 11.9 Å². The molecule has 1 heterocycles. The van der Waals surface area contributed by atoms with E-state index >= 15 is 0 Å². The molecule has 1 aromatic carbocycles. The molecule has 0 unspecified atom stereocenters. The Morgan fingerprint density at radius 2 is 2.12 bits per heavy atom. The quantitative estimate of drug-likeness (QED) is 0.793. The molecule has 2 rings (SSSR count). The minimum Gasteiger partial charge on any atom is -0.490 e. The Morgan fingerprint density at radius 1 is 1.38 bits per heavy atom. The maximum absolute atomic E-state index is 5.92. The molecule has 0 bridgehead atoms. The van der Waals surface area contributed by atoms with Crippen molar-refractivity contribution in [2.45, 2.75) is 25.9 Å². The Labute approximate surface area is 97.2 Å². The average molecular weight is 220 g/mol. The van der Waals surface area contributed by atoms with Crippen LogP contribution in [0.15, 0.2) is 24.3 Å². The highest BCUT2D eigenvalue weighted by atomic mass is 16.5. The van der Waals surface area contributed by atoms with Crippen LogP contribution in [0.5, 0.6) is 5.75 Å². The van der Waals surface area contributed by atoms with E-state index in [-0.39, 0.29) is 0 Å². The first-order valence-electron chi connectivity index (χ1n) is 6.02. The molecule has 1 aliphatic rings. The minimum absolute atomic E-state index is 0.351. The van der Waals surface area contributed by atoms with Gasteiger partial charge >= 0.3 is 0 Å². The number of hydrogen-bond donors (Lipinski definition) is 1. The number of nitrogens with two attached hydrogens (primary N) is 1. The lowest BCUT2D eigenvalue weighted by molar-refractivity contribution is 0.104. The lowest BCUT2D eigenvalue weighted by atomic mass is 10.1. The first-order valence-corrected chi connectivity index (χ1v) is 6.02. The molecule has 1 aliphatic heterocycles. The number of rotatable bonds is 3. The van der Waals surface area contributed by atoms with Crippen LogP contribution >= 0.6 is 0 Å². The van der Waals surface area contributed by atoms with Crippen LogP contribution < -0.4 is 10.5 Å². The van der Waals surface area contributed by atoms with Crippen molar-refractivity contribution in [1.29, 1.82) is 0 Å². The van der Waals surface area contributed by atoms with Crippen LogP contribution in [-0.4, -0.2) is 30.6 Å². The molecule has 1 saturated heterocycles. The molecule has 0 radical (unpaired) electrons. The van der Waals surface area contributed by atoms with Crippen molar-refractivity contribution in [1.82, 2.24) is 4.90 Å². The fraction of sp³-hybridized carbons (Fsp3) is 0.538. The molecule has 0 atom stereocenters. The Morgan fingerprint density at radius 3 is 2.75 bits per heavy atom. The number of ether oxygens (including phenoxy) is 1. The molecule has 16 heavy (non-hydrogen) atoms. The van der Waals surface area contributed by atoms with E-state index in [1.165, 1.54) is 0 Å². The SMILES string of the molecule is CCN1CCC(Oc2cccc(N)c2)CC1. The minimum atomic E-state index is 0.351. The van der Waals surface area contributed by atoms with E-state index in [0.29, 0.717) is 6.10 Å². The summed E-state index contributed by atoms with van der Waals surface area (Å²) in [6.07, 6.45) is 2.58. The van der Waals surface area contributed by atoms with Gasteiger partial charge in [0.25, 0.3) is 0 Å². The zero-order chi connectivity index (χ0) is 11.4. The van der Waals surface area contributed by atoms with E-state index in [4.69, 9.17) is 10.5 Å². The van der Waals surface area contributed by atoms with Gasteiger partial charge in [0.05, 0.1) is 0 Å². The fourth-order valence-corrected chi connectivity index (χ4v) is 2.12. The van der Waals surface area contributed by atoms with E-state index in [0.717, 1.165) is 43.9 Å². The first-order chi connectivity index (χ1) is 7.78. The summed E-state index contributed by atoms with van der Waals surface area (Å²) in [7, 11) is 0. The third-order valence-electron chi connectivity index (χ3n) is 3.14. The van der Waals surface area contributed by atoms with Crippen LogP contribution in [0.4, 0.5) is 5.69 Å². The number of likely N-dealkylation sites (tertiary alicyclic amines) is 1. The van der Waals surface area contributed by atoms with Crippen molar-refractivity contribution >= 4 is 5.69 Å². The molecule has 3 heteroatoms. The maximum Gasteiger partial charge on any atom is 0.121 e. The van der Waals surface area contributed by atoms with E-state index in [1.807, 2.05) is 24.3 Å². The van der Waals surface area contributed by atoms with Gasteiger partial charge in [-0.25, -0.2) is 0 Å². The van der Waals surface area contributed by atoms with Crippen LogP contribution in [0.2, 0.25) is 0 Å². The summed E-state index contributed by atoms with van der Waals surface area (Å²) in [5.74, 6) is 0.898. The molecule has 2 N–H and O–H groups in total. The lowest BCUT2D eigenvalue weighted by Crippen LogP contribution is -2.37. The summed E-state index contributed by atoms with van der Waals surface area (Å²) in [5.41, 5.74) is 6.49. The van der Waals surface area contributed by atoms with Crippen LogP contribution in [0, 0.1) is 0 Å². The van der Waals surface area contributed by atoms with Gasteiger partial charge in [0, 0.05) is 24.8 Å². The number of nitrogen functional groups attached to an aromatic ring is 1. The summed E-state index contributed by atoms with van der Waals surface area (Å²) >= 11 is 0. The van der Waals surface area contributed by atoms with Crippen LogP contribution in [0.1, 0.15) is 19.8 Å². The van der Waals surface area contributed by atoms with Crippen molar-refractivity contribution in [2.24, 2.45) is 0 Å². The van der Waals surface area contributed by atoms with E-state index in [1.54, 1.807) is 0 Å². The molecule has 0 spiro atoms. The zero-order valence-electron chi connectivity index (χ0n) is 9.86. The Hall–Kier alpha value is -1.22. The van der Waals surface area contributed by atoms with Crippen molar-refractivity contribution in [3.63, 3.8) is 0 Å². The van der Waals surface area contributed by atoms with Crippen LogP contribution in [0.25, 0.3) is 0 Å². The predicted octanol–water partition coefficient (Wildman–Crippen LogP) is 2.13. The molecule has 0 aromatic heterocycles. The van der Waals surface area contributed by atoms with Crippen molar-refractivity contribution in [2.75, 3.05) is 25.4 Å². The van der Waals surface area contributed by atoms with E-state index in [2.05, 4.69) is 11.8 Å². The summed E-state index contributed by atoms with van der Waals surface area (Å²) in [5, 5.41) is 0. The van der Waals surface area contributed by atoms with Gasteiger partial charge in [0.2, 0.25) is 0 Å². The van der Waals surface area contributed by atoms with Gasteiger partial charge in [0.15, 0.2) is 0 Å². The van der Waals surface area contributed by atoms with Crippen molar-refractivity contribution in [3.8, 4) is 5.75 Å². The Kier molecular flexibility index (Phi) is 3.67. The third-order valence-corrected chi connectivity index (χ3v) is 3.14. The summed E-state index contributed by atoms with van der Waals surface area (Å²) in [6.45, 7) is 5.64. The van der Waals surface area contributed by atoms with E-state index in [9.17, 15) is 0 Å². The molecule has 3 nitrogen and oxygen atoms in total. The molecule has 88 valence electrons. The number of nitrogens with zero attached hydrogens (tertiary/aromatic N) is 1. The fourth-order valence-electron chi connectivity index (χ4n) is 2.12. The average Bonchev–Trinajstić information content (AvgIpc) is 2.30. The van der Waals surface area contributed by atoms with Crippen molar-refractivity contribution in [3.05, 3.63) is 24.3 Å². The molecular weight excluding hydrogens is 200 g/mol. The van der Waals surface area contributed by atoms with Gasteiger partial charge in [-0.3, -0.25) is 0 Å². The topological polar surface area (TPSA) is 38.5 Å². The predicted molar refractivity (Wildman–Crippen MR) is 66.6 cm³/mol. The normalized spacial score (nSPS) is 18.6. The van der Waals surface area contributed by atoms with Gasteiger partial charge in [-0.05, 0) is 31.5 Å². The highest BCUT2D eigenvalue weighted by Crippen LogP contribution is 2.20. The lowest BCUT2D eigenvalue weighted by Gasteiger charge is -2.31. The largest absolute Gasteiger partial charge is 0.490 e. The molecular formula is C13H20N2O. The number of piperidine rings is 1. The summed E-state index contributed by atoms with van der Waals surface area (Å²) < 4.78 is 5.92. The second-order valence-electron chi connectivity index (χ2n) is 4.32. The van der Waals surface area contributed by atoms with Crippen LogP contribution in [0.3, 0.4) is 0 Å². The number of hydrogen-bond acceptors (Lipinski definition) is 3. The second-order valence-corrected chi connectivity index (χ2v) is 4.32. The number of benzene rings is 1. The van der Waals surface area contributed by atoms with Crippen LogP contribution in [-0.2, 0) is 0 Å². The molecule has 0 aliphatic carbocycles.